The molecule has 1 atom stereocenters. The second-order valence-corrected chi connectivity index (χ2v) is 7.49. The van der Waals surface area contributed by atoms with Crippen molar-refractivity contribution in [3.05, 3.63) is 57.8 Å². The molecular formula is C19H25N3OS. The highest BCUT2D eigenvalue weighted by molar-refractivity contribution is 7.10. The maximum atomic E-state index is 12.6. The van der Waals surface area contributed by atoms with Crippen molar-refractivity contribution in [3.8, 4) is 0 Å². The van der Waals surface area contributed by atoms with Crippen LogP contribution in [0, 0.1) is 6.92 Å². The first-order valence-corrected chi connectivity index (χ1v) is 9.30. The summed E-state index contributed by atoms with van der Waals surface area (Å²) in [5, 5.41) is 5.29. The molecule has 1 unspecified atom stereocenters. The highest BCUT2D eigenvalue weighted by atomic mass is 32.1. The summed E-state index contributed by atoms with van der Waals surface area (Å²) < 4.78 is 0. The van der Waals surface area contributed by atoms with E-state index in [1.165, 1.54) is 10.4 Å². The van der Waals surface area contributed by atoms with Crippen LogP contribution in [0.4, 0.5) is 0 Å². The Labute approximate surface area is 148 Å². The molecule has 1 saturated heterocycles. The summed E-state index contributed by atoms with van der Waals surface area (Å²) in [7, 11) is 2.13. The quantitative estimate of drug-likeness (QED) is 0.906. The molecule has 24 heavy (non-hydrogen) atoms. The van der Waals surface area contributed by atoms with Crippen LogP contribution in [0.25, 0.3) is 0 Å². The molecule has 1 aliphatic rings. The molecule has 1 aromatic heterocycles. The predicted molar refractivity (Wildman–Crippen MR) is 99.4 cm³/mol. The lowest BCUT2D eigenvalue weighted by atomic mass is 10.0. The van der Waals surface area contributed by atoms with Crippen LogP contribution >= 0.6 is 11.3 Å². The molecular weight excluding hydrogens is 318 g/mol. The number of rotatable bonds is 5. The van der Waals surface area contributed by atoms with Gasteiger partial charge in [-0.25, -0.2) is 0 Å². The SMILES string of the molecule is Cc1ccc(C(NC(=O)CN2CCN(C)CC2)c2cccs2)cc1. The Morgan fingerprint density at radius 1 is 1.17 bits per heavy atom. The van der Waals surface area contributed by atoms with Crippen LogP contribution in [-0.2, 0) is 4.79 Å². The van der Waals surface area contributed by atoms with Crippen LogP contribution in [0.3, 0.4) is 0 Å². The zero-order valence-corrected chi connectivity index (χ0v) is 15.2. The van der Waals surface area contributed by atoms with Crippen LogP contribution in [0.2, 0.25) is 0 Å². The Morgan fingerprint density at radius 3 is 2.50 bits per heavy atom. The minimum atomic E-state index is -0.0643. The molecule has 4 nitrogen and oxygen atoms in total. The van der Waals surface area contributed by atoms with Crippen LogP contribution < -0.4 is 5.32 Å². The lowest BCUT2D eigenvalue weighted by Crippen LogP contribution is -2.48. The summed E-state index contributed by atoms with van der Waals surface area (Å²) in [6, 6.07) is 12.5. The van der Waals surface area contributed by atoms with Gasteiger partial charge in [0, 0.05) is 31.1 Å². The van der Waals surface area contributed by atoms with E-state index < -0.39 is 0 Å². The van der Waals surface area contributed by atoms with E-state index in [0.717, 1.165) is 31.7 Å². The Hall–Kier alpha value is -1.69. The Morgan fingerprint density at radius 2 is 1.88 bits per heavy atom. The smallest absolute Gasteiger partial charge is 0.234 e. The third-order valence-electron chi connectivity index (χ3n) is 4.51. The van der Waals surface area contributed by atoms with E-state index in [1.807, 2.05) is 6.07 Å². The van der Waals surface area contributed by atoms with E-state index >= 15 is 0 Å². The van der Waals surface area contributed by atoms with Gasteiger partial charge < -0.3 is 10.2 Å². The van der Waals surface area contributed by atoms with Gasteiger partial charge in [0.05, 0.1) is 12.6 Å². The fourth-order valence-electron chi connectivity index (χ4n) is 2.95. The molecule has 3 rings (SSSR count). The summed E-state index contributed by atoms with van der Waals surface area (Å²) in [5.41, 5.74) is 2.36. The van der Waals surface area contributed by atoms with Gasteiger partial charge in [-0.3, -0.25) is 9.69 Å². The number of hydrogen-bond donors (Lipinski definition) is 1. The van der Waals surface area contributed by atoms with Crippen molar-refractivity contribution in [1.29, 1.82) is 0 Å². The summed E-state index contributed by atoms with van der Waals surface area (Å²) in [6.45, 7) is 6.52. The van der Waals surface area contributed by atoms with E-state index in [-0.39, 0.29) is 11.9 Å². The summed E-state index contributed by atoms with van der Waals surface area (Å²) >= 11 is 1.68. The van der Waals surface area contributed by atoms with Crippen molar-refractivity contribution < 1.29 is 4.79 Å². The van der Waals surface area contributed by atoms with E-state index in [4.69, 9.17) is 0 Å². The first kappa shape index (κ1) is 17.1. The van der Waals surface area contributed by atoms with Gasteiger partial charge in [0.25, 0.3) is 0 Å². The van der Waals surface area contributed by atoms with Crippen LogP contribution in [0.15, 0.2) is 41.8 Å². The molecule has 2 aromatic rings. The molecule has 1 fully saturated rings. The maximum Gasteiger partial charge on any atom is 0.234 e. The monoisotopic (exact) mass is 343 g/mol. The molecule has 2 heterocycles. The van der Waals surface area contributed by atoms with Gasteiger partial charge >= 0.3 is 0 Å². The van der Waals surface area contributed by atoms with Crippen molar-refractivity contribution in [2.24, 2.45) is 0 Å². The summed E-state index contributed by atoms with van der Waals surface area (Å²) in [5.74, 6) is 0.0959. The van der Waals surface area contributed by atoms with E-state index in [2.05, 4.69) is 64.8 Å². The maximum absolute atomic E-state index is 12.6. The van der Waals surface area contributed by atoms with Crippen molar-refractivity contribution >= 4 is 17.2 Å². The topological polar surface area (TPSA) is 35.6 Å². The van der Waals surface area contributed by atoms with Crippen molar-refractivity contribution in [2.45, 2.75) is 13.0 Å². The molecule has 0 bridgehead atoms. The van der Waals surface area contributed by atoms with Gasteiger partial charge in [-0.15, -0.1) is 11.3 Å². The van der Waals surface area contributed by atoms with Crippen molar-refractivity contribution in [3.63, 3.8) is 0 Å². The Balaban J connectivity index is 1.68. The van der Waals surface area contributed by atoms with Crippen LogP contribution in [-0.4, -0.2) is 55.5 Å². The summed E-state index contributed by atoms with van der Waals surface area (Å²) in [6.07, 6.45) is 0. The van der Waals surface area contributed by atoms with Gasteiger partial charge in [-0.05, 0) is 31.0 Å². The van der Waals surface area contributed by atoms with Gasteiger partial charge in [-0.1, -0.05) is 35.9 Å². The van der Waals surface area contributed by atoms with Crippen molar-refractivity contribution in [2.75, 3.05) is 39.8 Å². The van der Waals surface area contributed by atoms with E-state index in [0.29, 0.717) is 6.54 Å². The first-order valence-electron chi connectivity index (χ1n) is 8.42. The molecule has 128 valence electrons. The number of benzene rings is 1. The molecule has 1 amide bonds. The second kappa shape index (κ2) is 7.92. The lowest BCUT2D eigenvalue weighted by molar-refractivity contribution is -0.123. The first-order chi connectivity index (χ1) is 11.6. The van der Waals surface area contributed by atoms with Gasteiger partial charge in [0.15, 0.2) is 0 Å². The fraction of sp³-hybridized carbons (Fsp3) is 0.421. The molecule has 1 N–H and O–H groups in total. The number of aryl methyl sites for hydroxylation is 1. The Kier molecular flexibility index (Phi) is 5.66. The Bertz CT molecular complexity index is 646. The van der Waals surface area contributed by atoms with E-state index in [9.17, 15) is 4.79 Å². The average Bonchev–Trinajstić information content (AvgIpc) is 3.10. The number of piperazine rings is 1. The molecule has 0 saturated carbocycles. The summed E-state index contributed by atoms with van der Waals surface area (Å²) in [4.78, 5) is 18.3. The molecule has 0 spiro atoms. The number of likely N-dealkylation sites (N-methyl/N-ethyl adjacent to an activating group) is 1. The second-order valence-electron chi connectivity index (χ2n) is 6.51. The third-order valence-corrected chi connectivity index (χ3v) is 5.44. The number of nitrogens with zero attached hydrogens (tertiary/aromatic N) is 2. The standard InChI is InChI=1S/C19H25N3OS/c1-15-5-7-16(8-6-15)19(17-4-3-13-24-17)20-18(23)14-22-11-9-21(2)10-12-22/h3-8,13,19H,9-12,14H2,1-2H3,(H,20,23). The zero-order chi connectivity index (χ0) is 16.9. The fourth-order valence-corrected chi connectivity index (χ4v) is 3.75. The predicted octanol–water partition coefficient (Wildman–Crippen LogP) is 2.51. The lowest BCUT2D eigenvalue weighted by Gasteiger charge is -2.32. The molecule has 0 aliphatic carbocycles. The number of carbonyl (C=O) groups excluding carboxylic acids is 1. The van der Waals surface area contributed by atoms with Gasteiger partial charge in [0.1, 0.15) is 0 Å². The van der Waals surface area contributed by atoms with E-state index in [1.54, 1.807) is 11.3 Å². The highest BCUT2D eigenvalue weighted by Crippen LogP contribution is 2.26. The molecule has 1 aliphatic heterocycles. The molecule has 1 aromatic carbocycles. The van der Waals surface area contributed by atoms with Gasteiger partial charge in [-0.2, -0.15) is 0 Å². The zero-order valence-electron chi connectivity index (χ0n) is 14.4. The number of hydrogen-bond acceptors (Lipinski definition) is 4. The minimum absolute atomic E-state index is 0.0643. The van der Waals surface area contributed by atoms with Crippen LogP contribution in [0.5, 0.6) is 0 Å². The molecule has 5 heteroatoms. The third kappa shape index (κ3) is 4.44. The highest BCUT2D eigenvalue weighted by Gasteiger charge is 2.21. The number of nitrogens with one attached hydrogen (secondary N) is 1. The number of carbonyl (C=O) groups is 1. The van der Waals surface area contributed by atoms with Gasteiger partial charge in [0.2, 0.25) is 5.91 Å². The number of amides is 1. The largest absolute Gasteiger partial charge is 0.343 e. The number of thiophene rings is 1. The van der Waals surface area contributed by atoms with Crippen molar-refractivity contribution in [1.82, 2.24) is 15.1 Å². The minimum Gasteiger partial charge on any atom is -0.343 e. The normalized spacial score (nSPS) is 17.6. The van der Waals surface area contributed by atoms with Crippen LogP contribution in [0.1, 0.15) is 22.0 Å². The molecule has 0 radical (unpaired) electrons. The average molecular weight is 343 g/mol.